The predicted molar refractivity (Wildman–Crippen MR) is 307 cm³/mol. The number of nitrogens with zero attached hydrogens (tertiary/aromatic N) is 4. The lowest BCUT2D eigenvalue weighted by Gasteiger charge is -2.37. The fourth-order valence-corrected chi connectivity index (χ4v) is 11.9. The van der Waals surface area contributed by atoms with E-state index in [0.717, 1.165) is 11.1 Å². The normalized spacial score (nSPS) is 18.6. The van der Waals surface area contributed by atoms with Crippen molar-refractivity contribution in [2.45, 2.75) is 128 Å². The lowest BCUT2D eigenvalue weighted by Crippen LogP contribution is -2.57. The van der Waals surface area contributed by atoms with E-state index < -0.39 is 35.0 Å². The molecule has 0 aliphatic carbocycles. The first-order chi connectivity index (χ1) is 38.2. The summed E-state index contributed by atoms with van der Waals surface area (Å²) in [7, 11) is 3.46. The first-order valence-corrected chi connectivity index (χ1v) is 28.2. The van der Waals surface area contributed by atoms with Crippen LogP contribution in [0.25, 0.3) is 0 Å². The van der Waals surface area contributed by atoms with Crippen molar-refractivity contribution in [2.24, 2.45) is 11.8 Å². The number of hydrogen-bond acceptors (Lipinski definition) is 10. The number of piperidine rings is 2. The minimum atomic E-state index is -0.808. The van der Waals surface area contributed by atoms with Crippen LogP contribution < -0.4 is 42.2 Å². The maximum atomic E-state index is 14.9. The molecular formula is C62H78F2N10O6. The Bertz CT molecular complexity index is 2940. The lowest BCUT2D eigenvalue weighted by atomic mass is 9.87. The van der Waals surface area contributed by atoms with Crippen molar-refractivity contribution in [2.75, 3.05) is 76.3 Å². The Labute approximate surface area is 468 Å². The molecule has 18 heteroatoms. The summed E-state index contributed by atoms with van der Waals surface area (Å²) in [5, 5.41) is 12.4. The minimum absolute atomic E-state index is 0.155. The second-order valence-electron chi connectivity index (χ2n) is 23.3. The SMILES string of the molecule is CC[C@H](NC)C(=O)N[C@H](C(=O)N1CC(C)(C)c2[nH]c(=O)c(Cc3ccc(F)cc3)cc21)C1CCN(CC#CC#CCN2CCC([C@H](NC(=O)[C@H](CC)NC)C(=O)N3CC(C)(C)c4[nH]c(=O)c(Cc5ccc(F)cc5)cc43)CC2)CC1. The summed E-state index contributed by atoms with van der Waals surface area (Å²) in [6.45, 7) is 16.1. The maximum Gasteiger partial charge on any atom is 0.251 e. The Kier molecular flexibility index (Phi) is 19.0. The second-order valence-corrected chi connectivity index (χ2v) is 23.3. The van der Waals surface area contributed by atoms with Crippen molar-refractivity contribution >= 4 is 35.0 Å². The molecule has 16 nitrogen and oxygen atoms in total. The van der Waals surface area contributed by atoms with Crippen molar-refractivity contribution in [1.82, 2.24) is 41.0 Å². The molecule has 0 unspecified atom stereocenters. The molecule has 6 N–H and O–H groups in total. The smallest absolute Gasteiger partial charge is 0.251 e. The van der Waals surface area contributed by atoms with Crippen LogP contribution in [-0.4, -0.2) is 134 Å². The van der Waals surface area contributed by atoms with Gasteiger partial charge in [0.2, 0.25) is 23.6 Å². The minimum Gasteiger partial charge on any atom is -0.343 e. The fourth-order valence-electron chi connectivity index (χ4n) is 11.9. The van der Waals surface area contributed by atoms with Gasteiger partial charge >= 0.3 is 0 Å². The number of carbonyl (C=O) groups excluding carboxylic acids is 4. The van der Waals surface area contributed by atoms with Gasteiger partial charge in [-0.05, 0) is 150 Å². The fraction of sp³-hybridized carbons (Fsp3) is 0.516. The van der Waals surface area contributed by atoms with Crippen LogP contribution in [0.1, 0.15) is 114 Å². The molecular weight excluding hydrogens is 1020 g/mol. The summed E-state index contributed by atoms with van der Waals surface area (Å²) >= 11 is 0. The molecule has 2 aromatic carbocycles. The van der Waals surface area contributed by atoms with E-state index in [0.29, 0.717) is 125 Å². The second kappa shape index (κ2) is 25.7. The molecule has 80 heavy (non-hydrogen) atoms. The van der Waals surface area contributed by atoms with Crippen LogP contribution in [0.15, 0.2) is 70.3 Å². The van der Waals surface area contributed by atoms with Crippen LogP contribution in [0.2, 0.25) is 0 Å². The highest BCUT2D eigenvalue weighted by molar-refractivity contribution is 6.03. The van der Waals surface area contributed by atoms with Gasteiger partial charge in [0.05, 0.1) is 36.5 Å². The van der Waals surface area contributed by atoms with Crippen molar-refractivity contribution in [1.29, 1.82) is 0 Å². The van der Waals surface area contributed by atoms with Gasteiger partial charge in [-0.3, -0.25) is 38.6 Å². The number of anilines is 2. The van der Waals surface area contributed by atoms with E-state index in [1.807, 2.05) is 41.5 Å². The van der Waals surface area contributed by atoms with Crippen LogP contribution in [0.5, 0.6) is 0 Å². The third-order valence-corrected chi connectivity index (χ3v) is 16.7. The van der Waals surface area contributed by atoms with Gasteiger partial charge in [-0.15, -0.1) is 0 Å². The molecule has 4 aliphatic rings. The molecule has 4 aliphatic heterocycles. The van der Waals surface area contributed by atoms with Gasteiger partial charge in [0.1, 0.15) is 23.7 Å². The number of pyridine rings is 2. The Balaban J connectivity index is 0.880. The molecule has 8 rings (SSSR count). The van der Waals surface area contributed by atoms with Crippen molar-refractivity contribution < 1.29 is 28.0 Å². The van der Waals surface area contributed by atoms with Crippen molar-refractivity contribution in [3.63, 3.8) is 0 Å². The van der Waals surface area contributed by atoms with Crippen LogP contribution >= 0.6 is 0 Å². The highest BCUT2D eigenvalue weighted by Gasteiger charge is 2.46. The van der Waals surface area contributed by atoms with Crippen LogP contribution in [0.3, 0.4) is 0 Å². The number of carbonyl (C=O) groups is 4. The number of aromatic nitrogens is 2. The van der Waals surface area contributed by atoms with Crippen molar-refractivity contribution in [3.8, 4) is 23.7 Å². The van der Waals surface area contributed by atoms with Gasteiger partial charge < -0.3 is 41.0 Å². The number of halogens is 2. The molecule has 4 aromatic rings. The highest BCUT2D eigenvalue weighted by atomic mass is 19.1. The zero-order valence-corrected chi connectivity index (χ0v) is 47.5. The summed E-state index contributed by atoms with van der Waals surface area (Å²) in [5.41, 5.74) is 3.34. The van der Waals surface area contributed by atoms with E-state index in [4.69, 9.17) is 0 Å². The molecule has 2 aromatic heterocycles. The molecule has 0 bridgehead atoms. The molecule has 0 spiro atoms. The standard InChI is InChI=1S/C62H78F2N10O6/c1-9-47(65-7)57(77)67-51(59(79)73-37-61(3,4)53-49(73)35-43(55(75)69-53)33-39-15-19-45(63)20-16-39)41-23-29-71(30-24-41)27-13-11-12-14-28-72-31-25-42(26-32-72)52(68-58(78)48(10-2)66-8)60(80)74-38-62(5,6)54-50(74)36-44(56(76)70-54)34-40-17-21-46(64)22-18-40/h15-22,35-36,41-42,47-48,51-52,65-66H,9-10,23-34,37-38H2,1-8H3,(H,67,77)(H,68,78)(H,69,75)(H,70,76)/t47-,48-,51-,52-/m0/s1. The molecule has 2 saturated heterocycles. The molecule has 6 heterocycles. The first-order valence-electron chi connectivity index (χ1n) is 28.2. The van der Waals surface area contributed by atoms with Gasteiger partial charge in [0, 0.05) is 59.3 Å². The van der Waals surface area contributed by atoms with E-state index >= 15 is 0 Å². The first kappa shape index (κ1) is 59.2. The number of fused-ring (bicyclic) bond motifs is 2. The molecule has 426 valence electrons. The average molecular weight is 1100 g/mol. The number of H-pyrrole nitrogens is 2. The van der Waals surface area contributed by atoms with Crippen LogP contribution in [0.4, 0.5) is 20.2 Å². The number of rotatable bonds is 18. The van der Waals surface area contributed by atoms with E-state index in [2.05, 4.69) is 64.7 Å². The van der Waals surface area contributed by atoms with E-state index in [-0.39, 0.29) is 71.1 Å². The van der Waals surface area contributed by atoms with Gasteiger partial charge in [-0.25, -0.2) is 8.78 Å². The highest BCUT2D eigenvalue weighted by Crippen LogP contribution is 2.42. The van der Waals surface area contributed by atoms with Crippen molar-refractivity contribution in [3.05, 3.63) is 127 Å². The number of nitrogens with one attached hydrogen (secondary N) is 6. The third kappa shape index (κ3) is 13.6. The number of hydrogen-bond donors (Lipinski definition) is 6. The van der Waals surface area contributed by atoms with Crippen LogP contribution in [0, 0.1) is 47.2 Å². The summed E-state index contributed by atoms with van der Waals surface area (Å²) in [4.78, 5) is 97.8. The predicted octanol–water partition coefficient (Wildman–Crippen LogP) is 4.87. The zero-order chi connectivity index (χ0) is 57.5. The molecule has 4 amide bonds. The zero-order valence-electron chi connectivity index (χ0n) is 47.5. The molecule has 0 radical (unpaired) electrons. The maximum absolute atomic E-state index is 14.9. The monoisotopic (exact) mass is 1100 g/mol. The number of benzene rings is 2. The number of aromatic amines is 2. The largest absolute Gasteiger partial charge is 0.343 e. The average Bonchev–Trinajstić information content (AvgIpc) is 3.99. The Morgan fingerprint density at radius 3 is 1.27 bits per heavy atom. The molecule has 0 saturated carbocycles. The Morgan fingerprint density at radius 2 is 0.950 bits per heavy atom. The Hall–Kier alpha value is -6.96. The van der Waals surface area contributed by atoms with Crippen LogP contribution in [-0.2, 0) is 42.8 Å². The van der Waals surface area contributed by atoms with E-state index in [1.165, 1.54) is 24.3 Å². The van der Waals surface area contributed by atoms with Gasteiger partial charge in [0.25, 0.3) is 11.1 Å². The molecule has 4 atom stereocenters. The van der Waals surface area contributed by atoms with E-state index in [9.17, 15) is 37.5 Å². The lowest BCUT2D eigenvalue weighted by molar-refractivity contribution is -0.130. The number of likely N-dealkylation sites (N-methyl/N-ethyl adjacent to an activating group) is 2. The number of amides is 4. The quantitative estimate of drug-likeness (QED) is 0.0750. The third-order valence-electron chi connectivity index (χ3n) is 16.7. The summed E-state index contributed by atoms with van der Waals surface area (Å²) in [6.07, 6.45) is 4.20. The molecule has 2 fully saturated rings. The summed E-state index contributed by atoms with van der Waals surface area (Å²) in [6, 6.07) is 13.0. The Morgan fingerprint density at radius 1 is 0.600 bits per heavy atom. The van der Waals surface area contributed by atoms with Gasteiger partial charge in [0.15, 0.2) is 0 Å². The van der Waals surface area contributed by atoms with Gasteiger partial charge in [-0.1, -0.05) is 77.6 Å². The number of likely N-dealkylation sites (tertiary alicyclic amines) is 2. The topological polar surface area (TPSA) is 195 Å². The van der Waals surface area contributed by atoms with Gasteiger partial charge in [-0.2, -0.15) is 0 Å². The summed E-state index contributed by atoms with van der Waals surface area (Å²) in [5.74, 6) is 10.5. The van der Waals surface area contributed by atoms with E-state index in [1.54, 1.807) is 60.3 Å². The summed E-state index contributed by atoms with van der Waals surface area (Å²) < 4.78 is 27.4.